The van der Waals surface area contributed by atoms with Crippen molar-refractivity contribution in [3.8, 4) is 0 Å². The van der Waals surface area contributed by atoms with E-state index in [0.717, 1.165) is 24.2 Å². The van der Waals surface area contributed by atoms with E-state index in [-0.39, 0.29) is 0 Å². The van der Waals surface area contributed by atoms with Gasteiger partial charge in [-0.3, -0.25) is 0 Å². The topological polar surface area (TPSA) is 29.0 Å². The molecule has 1 heterocycles. The quantitative estimate of drug-likeness (QED) is 0.778. The van der Waals surface area contributed by atoms with E-state index >= 15 is 0 Å². The van der Waals surface area contributed by atoms with E-state index < -0.39 is 0 Å². The van der Waals surface area contributed by atoms with Gasteiger partial charge in [0.1, 0.15) is 0 Å². The van der Waals surface area contributed by atoms with E-state index in [0.29, 0.717) is 5.15 Å². The van der Waals surface area contributed by atoms with Gasteiger partial charge in [-0.1, -0.05) is 18.5 Å². The molecule has 3 nitrogen and oxygen atoms in total. The van der Waals surface area contributed by atoms with Gasteiger partial charge in [0, 0.05) is 13.6 Å². The maximum absolute atomic E-state index is 5.87. The van der Waals surface area contributed by atoms with E-state index in [9.17, 15) is 0 Å². The normalized spacial score (nSPS) is 26.1. The highest BCUT2D eigenvalue weighted by molar-refractivity contribution is 6.99. The minimum absolute atomic E-state index is 0.529. The zero-order valence-electron chi connectivity index (χ0n) is 7.70. The van der Waals surface area contributed by atoms with E-state index in [2.05, 4.69) is 20.6 Å². The number of aromatic nitrogens is 2. The van der Waals surface area contributed by atoms with Crippen molar-refractivity contribution in [3.63, 3.8) is 0 Å². The van der Waals surface area contributed by atoms with Gasteiger partial charge in [0.05, 0.1) is 11.7 Å². The highest BCUT2D eigenvalue weighted by atomic mass is 35.5. The molecule has 1 saturated carbocycles. The van der Waals surface area contributed by atoms with E-state index in [1.165, 1.54) is 18.1 Å². The molecule has 2 atom stereocenters. The molecule has 0 spiro atoms. The van der Waals surface area contributed by atoms with Crippen LogP contribution >= 0.6 is 23.3 Å². The molecule has 1 aromatic rings. The van der Waals surface area contributed by atoms with E-state index in [1.54, 1.807) is 0 Å². The summed E-state index contributed by atoms with van der Waals surface area (Å²) in [6.45, 7) is 3.33. The van der Waals surface area contributed by atoms with Gasteiger partial charge in [-0.15, -0.1) is 0 Å². The number of hydrogen-bond donors (Lipinski definition) is 0. The molecule has 1 aliphatic rings. The standard InChI is InChI=1S/C8H12ClN3S/c1-5-3-6(5)4-12(2)8-7(9)10-13-11-8/h5-6H,3-4H2,1-2H3. The number of halogens is 1. The minimum atomic E-state index is 0.529. The van der Waals surface area contributed by atoms with E-state index in [4.69, 9.17) is 11.6 Å². The Labute approximate surface area is 87.0 Å². The van der Waals surface area contributed by atoms with Crippen LogP contribution in [0, 0.1) is 11.8 Å². The lowest BCUT2D eigenvalue weighted by Crippen LogP contribution is -2.21. The van der Waals surface area contributed by atoms with Crippen molar-refractivity contribution in [1.82, 2.24) is 8.75 Å². The zero-order valence-corrected chi connectivity index (χ0v) is 9.27. The van der Waals surface area contributed by atoms with Crippen molar-refractivity contribution in [2.24, 2.45) is 11.8 Å². The smallest absolute Gasteiger partial charge is 0.187 e. The van der Waals surface area contributed by atoms with Gasteiger partial charge in [-0.05, 0) is 18.3 Å². The SMILES string of the molecule is CC1CC1CN(C)c1nsnc1Cl. The first-order valence-electron chi connectivity index (χ1n) is 4.37. The predicted molar refractivity (Wildman–Crippen MR) is 55.5 cm³/mol. The molecule has 0 aromatic carbocycles. The second-order valence-electron chi connectivity index (χ2n) is 3.73. The van der Waals surface area contributed by atoms with E-state index in [1.807, 2.05) is 7.05 Å². The van der Waals surface area contributed by atoms with Crippen molar-refractivity contribution in [3.05, 3.63) is 5.15 Å². The largest absolute Gasteiger partial charge is 0.356 e. The Bertz CT molecular complexity index is 301. The average molecular weight is 218 g/mol. The summed E-state index contributed by atoms with van der Waals surface area (Å²) in [7, 11) is 2.02. The lowest BCUT2D eigenvalue weighted by atomic mass is 10.3. The number of rotatable bonds is 3. The first-order valence-corrected chi connectivity index (χ1v) is 5.48. The molecule has 2 unspecified atom stereocenters. The van der Waals surface area contributed by atoms with Crippen LogP contribution in [0.3, 0.4) is 0 Å². The molecule has 1 aliphatic carbocycles. The Morgan fingerprint density at radius 1 is 1.62 bits per heavy atom. The van der Waals surface area contributed by atoms with Gasteiger partial charge in [-0.25, -0.2) is 0 Å². The summed E-state index contributed by atoms with van der Waals surface area (Å²) in [5, 5.41) is 0.529. The summed E-state index contributed by atoms with van der Waals surface area (Å²) in [4.78, 5) is 2.10. The molecular weight excluding hydrogens is 206 g/mol. The van der Waals surface area contributed by atoms with Crippen molar-refractivity contribution in [2.75, 3.05) is 18.5 Å². The molecule has 72 valence electrons. The second-order valence-corrected chi connectivity index (χ2v) is 4.62. The molecule has 0 amide bonds. The molecular formula is C8H12ClN3S. The average Bonchev–Trinajstić information content (AvgIpc) is 2.62. The molecule has 2 rings (SSSR count). The molecule has 0 saturated heterocycles. The monoisotopic (exact) mass is 217 g/mol. The first-order chi connectivity index (χ1) is 6.18. The van der Waals surface area contributed by atoms with Crippen LogP contribution in [-0.2, 0) is 0 Å². The van der Waals surface area contributed by atoms with Gasteiger partial charge in [0.2, 0.25) is 0 Å². The van der Waals surface area contributed by atoms with Crippen molar-refractivity contribution >= 4 is 29.1 Å². The molecule has 0 bridgehead atoms. The Morgan fingerprint density at radius 2 is 2.31 bits per heavy atom. The maximum Gasteiger partial charge on any atom is 0.187 e. The molecule has 1 aromatic heterocycles. The van der Waals surface area contributed by atoms with Crippen LogP contribution in [0.4, 0.5) is 5.82 Å². The van der Waals surface area contributed by atoms with Crippen LogP contribution in [0.15, 0.2) is 0 Å². The van der Waals surface area contributed by atoms with Gasteiger partial charge in [0.15, 0.2) is 11.0 Å². The van der Waals surface area contributed by atoms with Crippen molar-refractivity contribution in [1.29, 1.82) is 0 Å². The fourth-order valence-electron chi connectivity index (χ4n) is 1.49. The second kappa shape index (κ2) is 3.42. The summed E-state index contributed by atoms with van der Waals surface area (Å²) in [6.07, 6.45) is 1.33. The van der Waals surface area contributed by atoms with Gasteiger partial charge in [-0.2, -0.15) is 8.75 Å². The van der Waals surface area contributed by atoms with Crippen LogP contribution in [0.2, 0.25) is 5.15 Å². The first kappa shape index (κ1) is 9.21. The van der Waals surface area contributed by atoms with Crippen molar-refractivity contribution < 1.29 is 0 Å². The molecule has 1 fully saturated rings. The Balaban J connectivity index is 1.97. The van der Waals surface area contributed by atoms with Crippen LogP contribution in [-0.4, -0.2) is 22.3 Å². The Hall–Kier alpha value is -0.350. The molecule has 0 radical (unpaired) electrons. The summed E-state index contributed by atoms with van der Waals surface area (Å²) < 4.78 is 8.08. The third kappa shape index (κ3) is 1.94. The minimum Gasteiger partial charge on any atom is -0.356 e. The van der Waals surface area contributed by atoms with Crippen LogP contribution < -0.4 is 4.90 Å². The summed E-state index contributed by atoms with van der Waals surface area (Å²) in [5.41, 5.74) is 0. The molecule has 0 aliphatic heterocycles. The maximum atomic E-state index is 5.87. The number of nitrogens with zero attached hydrogens (tertiary/aromatic N) is 3. The zero-order chi connectivity index (χ0) is 9.42. The van der Waals surface area contributed by atoms with Crippen molar-refractivity contribution in [2.45, 2.75) is 13.3 Å². The lowest BCUT2D eigenvalue weighted by molar-refractivity contribution is 0.721. The number of anilines is 1. The highest BCUT2D eigenvalue weighted by Gasteiger charge is 2.33. The highest BCUT2D eigenvalue weighted by Crippen LogP contribution is 2.39. The third-order valence-electron chi connectivity index (χ3n) is 2.58. The molecule has 0 N–H and O–H groups in total. The summed E-state index contributed by atoms with van der Waals surface area (Å²) in [6, 6.07) is 0. The van der Waals surface area contributed by atoms with Crippen LogP contribution in [0.5, 0.6) is 0 Å². The molecule has 13 heavy (non-hydrogen) atoms. The third-order valence-corrected chi connectivity index (χ3v) is 3.45. The summed E-state index contributed by atoms with van der Waals surface area (Å²) in [5.74, 6) is 2.52. The van der Waals surface area contributed by atoms with Gasteiger partial charge >= 0.3 is 0 Å². The Kier molecular flexibility index (Phi) is 2.43. The summed E-state index contributed by atoms with van der Waals surface area (Å²) >= 11 is 7.04. The van der Waals surface area contributed by atoms with Crippen LogP contribution in [0.25, 0.3) is 0 Å². The predicted octanol–water partition coefficient (Wildman–Crippen LogP) is 2.28. The fourth-order valence-corrected chi connectivity index (χ4v) is 2.32. The molecule has 5 heteroatoms. The van der Waals surface area contributed by atoms with Gasteiger partial charge < -0.3 is 4.90 Å². The lowest BCUT2D eigenvalue weighted by Gasteiger charge is -2.15. The van der Waals surface area contributed by atoms with Crippen LogP contribution in [0.1, 0.15) is 13.3 Å². The Morgan fingerprint density at radius 3 is 2.77 bits per heavy atom. The fraction of sp³-hybridized carbons (Fsp3) is 0.750. The van der Waals surface area contributed by atoms with Gasteiger partial charge in [0.25, 0.3) is 0 Å². The number of hydrogen-bond acceptors (Lipinski definition) is 4.